The van der Waals surface area contributed by atoms with Crippen LogP contribution in [-0.2, 0) is 0 Å². The maximum absolute atomic E-state index is 13.1. The molecule has 0 radical (unpaired) electrons. The molecule has 0 saturated heterocycles. The zero-order valence-corrected chi connectivity index (χ0v) is 9.35. The van der Waals surface area contributed by atoms with Crippen LogP contribution in [-0.4, -0.2) is 12.0 Å². The standard InChI is InChI=1S/C9H6BrClFNO/c10-6-1-2-8(12)9(3-6)14-5-7(11)4-13/h1-3,7H,5H2. The first kappa shape index (κ1) is 11.3. The van der Waals surface area contributed by atoms with Crippen LogP contribution in [0.1, 0.15) is 0 Å². The summed E-state index contributed by atoms with van der Waals surface area (Å²) in [6.45, 7) is -0.0363. The molecule has 0 aliphatic carbocycles. The topological polar surface area (TPSA) is 33.0 Å². The molecule has 0 fully saturated rings. The number of hydrogen-bond donors (Lipinski definition) is 0. The molecule has 0 spiro atoms. The SMILES string of the molecule is N#CC(Cl)COc1cc(Br)ccc1F. The summed E-state index contributed by atoms with van der Waals surface area (Å²) in [5.41, 5.74) is 0. The molecule has 14 heavy (non-hydrogen) atoms. The van der Waals surface area contributed by atoms with E-state index in [9.17, 15) is 4.39 Å². The third kappa shape index (κ3) is 3.17. The van der Waals surface area contributed by atoms with Crippen molar-refractivity contribution in [1.82, 2.24) is 0 Å². The smallest absolute Gasteiger partial charge is 0.165 e. The molecule has 0 saturated carbocycles. The van der Waals surface area contributed by atoms with E-state index in [0.717, 1.165) is 0 Å². The lowest BCUT2D eigenvalue weighted by molar-refractivity contribution is 0.311. The Labute approximate surface area is 94.4 Å². The van der Waals surface area contributed by atoms with Crippen molar-refractivity contribution in [2.24, 2.45) is 0 Å². The lowest BCUT2D eigenvalue weighted by Gasteiger charge is -2.07. The molecule has 1 atom stereocenters. The number of ether oxygens (including phenoxy) is 1. The average molecular weight is 279 g/mol. The first-order chi connectivity index (χ1) is 6.63. The summed E-state index contributed by atoms with van der Waals surface area (Å²) >= 11 is 8.66. The van der Waals surface area contributed by atoms with Gasteiger partial charge in [-0.1, -0.05) is 15.9 Å². The summed E-state index contributed by atoms with van der Waals surface area (Å²) in [6, 6.07) is 6.09. The van der Waals surface area contributed by atoms with Gasteiger partial charge >= 0.3 is 0 Å². The van der Waals surface area contributed by atoms with Gasteiger partial charge in [0.05, 0.1) is 6.07 Å². The Morgan fingerprint density at radius 2 is 2.36 bits per heavy atom. The fourth-order valence-corrected chi connectivity index (χ4v) is 1.19. The minimum Gasteiger partial charge on any atom is -0.488 e. The van der Waals surface area contributed by atoms with Gasteiger partial charge in [-0.25, -0.2) is 4.39 Å². The first-order valence-electron chi connectivity index (χ1n) is 3.75. The highest BCUT2D eigenvalue weighted by molar-refractivity contribution is 9.10. The highest BCUT2D eigenvalue weighted by atomic mass is 79.9. The lowest BCUT2D eigenvalue weighted by Crippen LogP contribution is -2.09. The maximum atomic E-state index is 13.1. The van der Waals surface area contributed by atoms with E-state index in [2.05, 4.69) is 15.9 Å². The van der Waals surface area contributed by atoms with E-state index in [1.54, 1.807) is 12.1 Å². The van der Waals surface area contributed by atoms with Crippen LogP contribution in [0, 0.1) is 17.1 Å². The number of halogens is 3. The van der Waals surface area contributed by atoms with Crippen LogP contribution in [0.2, 0.25) is 0 Å². The minimum atomic E-state index is -0.770. The van der Waals surface area contributed by atoms with Crippen LogP contribution >= 0.6 is 27.5 Å². The zero-order valence-electron chi connectivity index (χ0n) is 7.01. The van der Waals surface area contributed by atoms with Gasteiger partial charge in [-0.3, -0.25) is 0 Å². The normalized spacial score (nSPS) is 11.9. The Kier molecular flexibility index (Phi) is 4.18. The number of nitrogens with zero attached hydrogens (tertiary/aromatic N) is 1. The quantitative estimate of drug-likeness (QED) is 0.796. The van der Waals surface area contributed by atoms with Crippen LogP contribution in [0.15, 0.2) is 22.7 Å². The van der Waals surface area contributed by atoms with Crippen molar-refractivity contribution in [3.63, 3.8) is 0 Å². The molecule has 1 aromatic rings. The van der Waals surface area contributed by atoms with E-state index in [1.807, 2.05) is 0 Å². The highest BCUT2D eigenvalue weighted by Crippen LogP contribution is 2.22. The molecule has 0 aromatic heterocycles. The van der Waals surface area contributed by atoms with E-state index in [1.165, 1.54) is 12.1 Å². The van der Waals surface area contributed by atoms with Crippen LogP contribution in [0.4, 0.5) is 4.39 Å². The number of alkyl halides is 1. The Balaban J connectivity index is 2.67. The van der Waals surface area contributed by atoms with Gasteiger partial charge in [0.2, 0.25) is 0 Å². The lowest BCUT2D eigenvalue weighted by atomic mass is 10.3. The van der Waals surface area contributed by atoms with E-state index >= 15 is 0 Å². The Hall–Kier alpha value is -0.790. The molecule has 5 heteroatoms. The van der Waals surface area contributed by atoms with Gasteiger partial charge in [-0.05, 0) is 18.2 Å². The minimum absolute atomic E-state index is 0.0363. The summed E-state index contributed by atoms with van der Waals surface area (Å²) in [5, 5.41) is 7.60. The Morgan fingerprint density at radius 3 is 3.00 bits per heavy atom. The Bertz CT molecular complexity index is 366. The summed E-state index contributed by atoms with van der Waals surface area (Å²) in [7, 11) is 0. The highest BCUT2D eigenvalue weighted by Gasteiger charge is 2.07. The monoisotopic (exact) mass is 277 g/mol. The van der Waals surface area contributed by atoms with Crippen LogP contribution in [0.25, 0.3) is 0 Å². The predicted molar refractivity (Wildman–Crippen MR) is 54.8 cm³/mol. The second-order valence-corrected chi connectivity index (χ2v) is 3.92. The molecule has 1 aromatic carbocycles. The fraction of sp³-hybridized carbons (Fsp3) is 0.222. The Morgan fingerprint density at radius 1 is 1.64 bits per heavy atom. The molecular weight excluding hydrogens is 272 g/mol. The van der Waals surface area contributed by atoms with Crippen molar-refractivity contribution in [3.8, 4) is 11.8 Å². The van der Waals surface area contributed by atoms with E-state index < -0.39 is 11.2 Å². The summed E-state index contributed by atoms with van der Waals surface area (Å²) in [5.74, 6) is -0.393. The molecule has 1 rings (SSSR count). The molecule has 0 amide bonds. The van der Waals surface area contributed by atoms with Gasteiger partial charge < -0.3 is 4.74 Å². The zero-order chi connectivity index (χ0) is 10.6. The van der Waals surface area contributed by atoms with Gasteiger partial charge in [-0.2, -0.15) is 5.26 Å². The van der Waals surface area contributed by atoms with Gasteiger partial charge in [-0.15, -0.1) is 11.6 Å². The maximum Gasteiger partial charge on any atom is 0.165 e. The number of benzene rings is 1. The van der Waals surface area contributed by atoms with Gasteiger partial charge in [0.1, 0.15) is 6.61 Å². The van der Waals surface area contributed by atoms with E-state index in [4.69, 9.17) is 21.6 Å². The van der Waals surface area contributed by atoms with Crippen molar-refractivity contribution in [2.45, 2.75) is 5.38 Å². The van der Waals surface area contributed by atoms with Crippen molar-refractivity contribution in [3.05, 3.63) is 28.5 Å². The first-order valence-corrected chi connectivity index (χ1v) is 4.98. The van der Waals surface area contributed by atoms with Crippen molar-refractivity contribution >= 4 is 27.5 Å². The summed E-state index contributed by atoms with van der Waals surface area (Å²) < 4.78 is 18.8. The predicted octanol–water partition coefficient (Wildman–Crippen LogP) is 3.10. The van der Waals surface area contributed by atoms with Crippen molar-refractivity contribution in [2.75, 3.05) is 6.61 Å². The number of hydrogen-bond acceptors (Lipinski definition) is 2. The van der Waals surface area contributed by atoms with Gasteiger partial charge in [0.25, 0.3) is 0 Å². The molecule has 0 N–H and O–H groups in total. The third-order valence-corrected chi connectivity index (χ3v) is 2.14. The average Bonchev–Trinajstić information content (AvgIpc) is 2.19. The molecule has 1 unspecified atom stereocenters. The number of nitriles is 1. The largest absolute Gasteiger partial charge is 0.488 e. The third-order valence-electron chi connectivity index (χ3n) is 1.42. The molecular formula is C9H6BrClFNO. The van der Waals surface area contributed by atoms with Gasteiger partial charge in [0.15, 0.2) is 16.9 Å². The van der Waals surface area contributed by atoms with E-state index in [0.29, 0.717) is 4.47 Å². The molecule has 0 heterocycles. The summed E-state index contributed by atoms with van der Waals surface area (Å²) in [6.07, 6.45) is 0. The van der Waals surface area contributed by atoms with E-state index in [-0.39, 0.29) is 12.4 Å². The van der Waals surface area contributed by atoms with Crippen LogP contribution in [0.5, 0.6) is 5.75 Å². The summed E-state index contributed by atoms with van der Waals surface area (Å²) in [4.78, 5) is 0. The molecule has 2 nitrogen and oxygen atoms in total. The fourth-order valence-electron chi connectivity index (χ4n) is 0.788. The van der Waals surface area contributed by atoms with Crippen LogP contribution < -0.4 is 4.74 Å². The molecule has 0 bridgehead atoms. The molecule has 0 aliphatic rings. The van der Waals surface area contributed by atoms with Crippen molar-refractivity contribution in [1.29, 1.82) is 5.26 Å². The second-order valence-electron chi connectivity index (χ2n) is 2.48. The second kappa shape index (κ2) is 5.18. The van der Waals surface area contributed by atoms with Gasteiger partial charge in [0, 0.05) is 4.47 Å². The number of rotatable bonds is 3. The molecule has 74 valence electrons. The molecule has 0 aliphatic heterocycles. The van der Waals surface area contributed by atoms with Crippen molar-refractivity contribution < 1.29 is 9.13 Å². The van der Waals surface area contributed by atoms with Crippen LogP contribution in [0.3, 0.4) is 0 Å².